The number of rotatable bonds is 3. The highest BCUT2D eigenvalue weighted by Crippen LogP contribution is 2.47. The van der Waals surface area contributed by atoms with Crippen LogP contribution in [0.15, 0.2) is 53.4 Å². The van der Waals surface area contributed by atoms with Crippen molar-refractivity contribution in [1.82, 2.24) is 5.32 Å². The molecule has 2 aromatic carbocycles. The third-order valence-electron chi connectivity index (χ3n) is 6.36. The first kappa shape index (κ1) is 22.2. The maximum absolute atomic E-state index is 12.4. The number of carbonyl (C=O) groups is 2. The fourth-order valence-corrected chi connectivity index (χ4v) is 5.62. The van der Waals surface area contributed by atoms with Crippen LogP contribution in [0.5, 0.6) is 5.75 Å². The molecule has 1 N–H and O–H groups in total. The lowest BCUT2D eigenvalue weighted by Gasteiger charge is -2.42. The number of ether oxygens (including phenoxy) is 3. The zero-order chi connectivity index (χ0) is 22.8. The number of benzene rings is 2. The quantitative estimate of drug-likeness (QED) is 0.548. The molecule has 0 saturated carbocycles. The molecule has 3 heterocycles. The third-order valence-corrected chi connectivity index (χ3v) is 7.69. The first-order valence-electron chi connectivity index (χ1n) is 11.3. The number of allylic oxidation sites excluding steroid dienone is 1. The van der Waals surface area contributed by atoms with E-state index in [1.54, 1.807) is 25.3 Å². The van der Waals surface area contributed by atoms with Gasteiger partial charge in [-0.1, -0.05) is 30.3 Å². The first-order valence-corrected chi connectivity index (χ1v) is 12.3. The molecule has 0 radical (unpaired) electrons. The van der Waals surface area contributed by atoms with Crippen molar-refractivity contribution in [3.8, 4) is 5.75 Å². The highest BCUT2D eigenvalue weighted by molar-refractivity contribution is 8.04. The summed E-state index contributed by atoms with van der Waals surface area (Å²) in [5.74, 6) is 1.01. The zero-order valence-corrected chi connectivity index (χ0v) is 19.4. The van der Waals surface area contributed by atoms with Crippen LogP contribution < -0.4 is 10.1 Å². The average molecular weight is 466 g/mol. The van der Waals surface area contributed by atoms with Crippen molar-refractivity contribution in [3.63, 3.8) is 0 Å². The van der Waals surface area contributed by atoms with E-state index in [1.807, 2.05) is 6.07 Å². The van der Waals surface area contributed by atoms with Gasteiger partial charge in [0, 0.05) is 36.1 Å². The Morgan fingerprint density at radius 3 is 2.52 bits per heavy atom. The van der Waals surface area contributed by atoms with E-state index >= 15 is 0 Å². The molecule has 0 amide bonds. The van der Waals surface area contributed by atoms with E-state index in [2.05, 4.69) is 29.6 Å². The van der Waals surface area contributed by atoms with Gasteiger partial charge in [0.25, 0.3) is 0 Å². The van der Waals surface area contributed by atoms with Gasteiger partial charge in [0.1, 0.15) is 22.0 Å². The SMILES string of the molecule is COc1ccc2c(c1)C1=C(SCC3(CCNCC3)O1)C(=O)C2=O.c1ccc(C[C@H]2CO2)cc1. The Labute approximate surface area is 197 Å². The predicted octanol–water partition coefficient (Wildman–Crippen LogP) is 3.64. The van der Waals surface area contributed by atoms with Crippen LogP contribution >= 0.6 is 11.8 Å². The monoisotopic (exact) mass is 465 g/mol. The van der Waals surface area contributed by atoms with Crippen molar-refractivity contribution >= 4 is 29.1 Å². The number of hydrogen-bond acceptors (Lipinski definition) is 7. The molecule has 4 aliphatic rings. The van der Waals surface area contributed by atoms with Gasteiger partial charge in [-0.2, -0.15) is 0 Å². The summed E-state index contributed by atoms with van der Waals surface area (Å²) in [5.41, 5.74) is 2.20. The molecule has 2 saturated heterocycles. The Hall–Kier alpha value is -2.61. The van der Waals surface area contributed by atoms with Gasteiger partial charge in [-0.05, 0) is 36.9 Å². The van der Waals surface area contributed by atoms with Gasteiger partial charge in [0.15, 0.2) is 0 Å². The Bertz CT molecular complexity index is 1090. The van der Waals surface area contributed by atoms with Gasteiger partial charge in [0.05, 0.1) is 19.8 Å². The molecule has 2 aromatic rings. The molecule has 6 nitrogen and oxygen atoms in total. The van der Waals surface area contributed by atoms with Crippen molar-refractivity contribution < 1.29 is 23.8 Å². The molecule has 172 valence electrons. The summed E-state index contributed by atoms with van der Waals surface area (Å²) in [4.78, 5) is 25.2. The maximum Gasteiger partial charge on any atom is 0.243 e. The van der Waals surface area contributed by atoms with Crippen LogP contribution in [0.1, 0.15) is 34.3 Å². The van der Waals surface area contributed by atoms with Gasteiger partial charge in [-0.25, -0.2) is 0 Å². The van der Waals surface area contributed by atoms with Gasteiger partial charge >= 0.3 is 0 Å². The average Bonchev–Trinajstić information content (AvgIpc) is 3.68. The predicted molar refractivity (Wildman–Crippen MR) is 128 cm³/mol. The minimum Gasteiger partial charge on any atom is -0.497 e. The normalized spacial score (nSPS) is 22.5. The molecule has 0 unspecified atom stereocenters. The molecule has 1 aliphatic carbocycles. The summed E-state index contributed by atoms with van der Waals surface area (Å²) >= 11 is 1.46. The Morgan fingerprint density at radius 2 is 1.82 bits per heavy atom. The molecule has 6 rings (SSSR count). The van der Waals surface area contributed by atoms with Crippen LogP contribution in [0.4, 0.5) is 0 Å². The van der Waals surface area contributed by atoms with Gasteiger partial charge in [0.2, 0.25) is 11.6 Å². The number of piperidine rings is 1. The van der Waals surface area contributed by atoms with Crippen LogP contribution in [-0.2, 0) is 20.7 Å². The van der Waals surface area contributed by atoms with E-state index in [9.17, 15) is 9.59 Å². The number of hydrogen-bond donors (Lipinski definition) is 1. The molecule has 1 spiro atoms. The highest BCUT2D eigenvalue weighted by Gasteiger charge is 2.45. The largest absolute Gasteiger partial charge is 0.497 e. The van der Waals surface area contributed by atoms with E-state index in [1.165, 1.54) is 17.3 Å². The molecule has 3 aliphatic heterocycles. The Morgan fingerprint density at radius 1 is 1.06 bits per heavy atom. The smallest absolute Gasteiger partial charge is 0.243 e. The molecule has 2 fully saturated rings. The minimum absolute atomic E-state index is 0.254. The van der Waals surface area contributed by atoms with Crippen molar-refractivity contribution in [2.45, 2.75) is 31.0 Å². The number of carbonyl (C=O) groups excluding carboxylic acids is 2. The second-order valence-corrected chi connectivity index (χ2v) is 9.68. The van der Waals surface area contributed by atoms with E-state index in [0.29, 0.717) is 39.4 Å². The summed E-state index contributed by atoms with van der Waals surface area (Å²) in [6.07, 6.45) is 3.40. The Balaban J connectivity index is 0.000000190. The third kappa shape index (κ3) is 4.71. The van der Waals surface area contributed by atoms with E-state index in [4.69, 9.17) is 14.2 Å². The van der Waals surface area contributed by atoms with Crippen molar-refractivity contribution in [3.05, 3.63) is 70.1 Å². The van der Waals surface area contributed by atoms with Crippen LogP contribution in [0.2, 0.25) is 0 Å². The maximum atomic E-state index is 12.4. The number of Topliss-reactive ketones (excluding diaryl/α,β-unsaturated/α-hetero) is 2. The lowest BCUT2D eigenvalue weighted by molar-refractivity contribution is -0.111. The zero-order valence-electron chi connectivity index (χ0n) is 18.6. The van der Waals surface area contributed by atoms with E-state index in [-0.39, 0.29) is 5.60 Å². The summed E-state index contributed by atoms with van der Waals surface area (Å²) in [5, 5.41) is 3.34. The van der Waals surface area contributed by atoms with Crippen LogP contribution in [0.25, 0.3) is 5.76 Å². The molecular weight excluding hydrogens is 438 g/mol. The second kappa shape index (κ2) is 9.33. The van der Waals surface area contributed by atoms with Crippen LogP contribution in [0, 0.1) is 0 Å². The fourth-order valence-electron chi connectivity index (χ4n) is 4.36. The van der Waals surface area contributed by atoms with Crippen molar-refractivity contribution in [2.24, 2.45) is 0 Å². The molecule has 7 heteroatoms. The van der Waals surface area contributed by atoms with Crippen molar-refractivity contribution in [1.29, 1.82) is 0 Å². The summed E-state index contributed by atoms with van der Waals surface area (Å²) in [7, 11) is 1.58. The standard InChI is InChI=1S/C17H17NO4S.C9H10O/c1-21-10-2-3-11-12(8-10)15-16(14(20)13(11)19)23-9-17(22-15)4-6-18-7-5-17;1-2-4-8(5-3-1)6-9-7-10-9/h2-3,8,18H,4-7,9H2,1H3;1-5,9H,6-7H2/t;9-/m.0/s1. The fraction of sp³-hybridized carbons (Fsp3) is 0.385. The number of thioether (sulfide) groups is 1. The number of epoxide rings is 1. The number of ketones is 2. The van der Waals surface area contributed by atoms with Crippen LogP contribution in [-0.4, -0.2) is 55.8 Å². The molecule has 1 atom stereocenters. The second-order valence-electron chi connectivity index (χ2n) is 8.70. The number of fused-ring (bicyclic) bond motifs is 2. The molecule has 33 heavy (non-hydrogen) atoms. The van der Waals surface area contributed by atoms with Gasteiger partial charge < -0.3 is 19.5 Å². The minimum atomic E-state index is -0.459. The first-order chi connectivity index (χ1) is 16.1. The topological polar surface area (TPSA) is 77.2 Å². The van der Waals surface area contributed by atoms with Crippen LogP contribution in [0.3, 0.4) is 0 Å². The summed E-state index contributed by atoms with van der Waals surface area (Å²) in [6, 6.07) is 15.6. The lowest BCUT2D eigenvalue weighted by Crippen LogP contribution is -2.48. The van der Waals surface area contributed by atoms with Crippen molar-refractivity contribution in [2.75, 3.05) is 32.6 Å². The number of methoxy groups -OCH3 is 1. The lowest BCUT2D eigenvalue weighted by atomic mass is 9.90. The summed E-state index contributed by atoms with van der Waals surface area (Å²) < 4.78 is 16.7. The molecular formula is C26H27NO5S. The Kier molecular flexibility index (Phi) is 6.27. The van der Waals surface area contributed by atoms with Gasteiger partial charge in [-0.3, -0.25) is 9.59 Å². The van der Waals surface area contributed by atoms with Gasteiger partial charge in [-0.15, -0.1) is 11.8 Å². The number of nitrogens with one attached hydrogen (secondary N) is 1. The van der Waals surface area contributed by atoms with E-state index in [0.717, 1.165) is 39.0 Å². The van der Waals surface area contributed by atoms with E-state index < -0.39 is 11.6 Å². The highest BCUT2D eigenvalue weighted by atomic mass is 32.2. The summed E-state index contributed by atoms with van der Waals surface area (Å²) in [6.45, 7) is 2.76. The molecule has 0 bridgehead atoms. The molecule has 0 aromatic heterocycles.